The highest BCUT2D eigenvalue weighted by Crippen LogP contribution is 2.39. The molecule has 1 aliphatic carbocycles. The lowest BCUT2D eigenvalue weighted by atomic mass is 10.3. The van der Waals surface area contributed by atoms with E-state index < -0.39 is 0 Å². The van der Waals surface area contributed by atoms with E-state index in [2.05, 4.69) is 27.7 Å². The maximum Gasteiger partial charge on any atom is 0.122 e. The molecule has 3 nitrogen and oxygen atoms in total. The molecule has 2 N–H and O–H groups in total. The van der Waals surface area contributed by atoms with Crippen LogP contribution in [0.4, 0.5) is 5.82 Å². The Hall–Kier alpha value is -0.260. The zero-order valence-electron chi connectivity index (χ0n) is 6.13. The zero-order chi connectivity index (χ0) is 7.84. The average molecular weight is 263 g/mol. The molecule has 2 rings (SSSR count). The van der Waals surface area contributed by atoms with Crippen molar-refractivity contribution in [3.63, 3.8) is 0 Å². The third kappa shape index (κ3) is 1.36. The highest BCUT2D eigenvalue weighted by atomic mass is 127. The topological polar surface area (TPSA) is 43.8 Å². The summed E-state index contributed by atoms with van der Waals surface area (Å²) in [5.74, 6) is 1.50. The van der Waals surface area contributed by atoms with Gasteiger partial charge in [-0.3, -0.25) is 0 Å². The molecule has 0 spiro atoms. The number of nitrogens with two attached hydrogens (primary N) is 1. The van der Waals surface area contributed by atoms with Gasteiger partial charge in [-0.05, 0) is 12.8 Å². The van der Waals surface area contributed by atoms with Gasteiger partial charge in [-0.2, -0.15) is 5.10 Å². The van der Waals surface area contributed by atoms with E-state index >= 15 is 0 Å². The summed E-state index contributed by atoms with van der Waals surface area (Å²) in [7, 11) is 0. The van der Waals surface area contributed by atoms with Crippen LogP contribution in [-0.2, 0) is 4.55 Å². The summed E-state index contributed by atoms with van der Waals surface area (Å²) in [5.41, 5.74) is 6.89. The Balaban J connectivity index is 2.28. The summed E-state index contributed by atoms with van der Waals surface area (Å²) in [6.07, 6.45) is 2.58. The minimum Gasteiger partial charge on any atom is -0.384 e. The van der Waals surface area contributed by atoms with Crippen molar-refractivity contribution in [1.29, 1.82) is 0 Å². The molecule has 4 heteroatoms. The quantitative estimate of drug-likeness (QED) is 0.652. The summed E-state index contributed by atoms with van der Waals surface area (Å²) in [6.45, 7) is 0. The first-order chi connectivity index (χ1) is 5.31. The molecule has 0 unspecified atom stereocenters. The normalized spacial score (nSPS) is 17.2. The monoisotopic (exact) mass is 263 g/mol. The number of anilines is 1. The van der Waals surface area contributed by atoms with Gasteiger partial charge in [0, 0.05) is 12.0 Å². The Kier molecular flexibility index (Phi) is 1.78. The molecule has 1 aromatic rings. The smallest absolute Gasteiger partial charge is 0.122 e. The number of nitrogens with zero attached hydrogens (tertiary/aromatic N) is 2. The molecule has 0 radical (unpaired) electrons. The molecule has 0 atom stereocenters. The van der Waals surface area contributed by atoms with Crippen LogP contribution in [0.1, 0.15) is 24.5 Å². The second-order valence-electron chi connectivity index (χ2n) is 2.89. The first-order valence-corrected chi connectivity index (χ1v) is 5.23. The molecule has 0 aliphatic heterocycles. The molecule has 1 aromatic heterocycles. The maximum absolute atomic E-state index is 5.71. The molecule has 0 amide bonds. The third-order valence-corrected chi connectivity index (χ3v) is 2.59. The highest BCUT2D eigenvalue weighted by molar-refractivity contribution is 14.1. The van der Waals surface area contributed by atoms with Crippen molar-refractivity contribution in [2.75, 3.05) is 5.73 Å². The van der Waals surface area contributed by atoms with Gasteiger partial charge in [-0.25, -0.2) is 4.68 Å². The lowest BCUT2D eigenvalue weighted by molar-refractivity contribution is 0.753. The Labute approximate surface area is 79.1 Å². The second-order valence-corrected chi connectivity index (χ2v) is 3.57. The van der Waals surface area contributed by atoms with Crippen molar-refractivity contribution < 1.29 is 0 Å². The van der Waals surface area contributed by atoms with Crippen molar-refractivity contribution in [1.82, 2.24) is 9.78 Å². The van der Waals surface area contributed by atoms with Gasteiger partial charge in [-0.1, -0.05) is 22.6 Å². The van der Waals surface area contributed by atoms with Gasteiger partial charge in [0.25, 0.3) is 0 Å². The summed E-state index contributed by atoms with van der Waals surface area (Å²) in [5, 5.41) is 4.37. The summed E-state index contributed by atoms with van der Waals surface area (Å²) in [6, 6.07) is 2.00. The molecule has 60 valence electrons. The van der Waals surface area contributed by atoms with E-state index in [1.165, 1.54) is 18.5 Å². The summed E-state index contributed by atoms with van der Waals surface area (Å²) in [4.78, 5) is 0. The van der Waals surface area contributed by atoms with Crippen LogP contribution < -0.4 is 5.73 Å². The van der Waals surface area contributed by atoms with Crippen molar-refractivity contribution in [3.8, 4) is 0 Å². The first-order valence-electron chi connectivity index (χ1n) is 3.70. The van der Waals surface area contributed by atoms with Crippen molar-refractivity contribution >= 4 is 28.4 Å². The van der Waals surface area contributed by atoms with E-state index in [1.807, 2.05) is 10.7 Å². The van der Waals surface area contributed by atoms with Crippen LogP contribution in [0.2, 0.25) is 0 Å². The van der Waals surface area contributed by atoms with Crippen LogP contribution in [0.5, 0.6) is 0 Å². The fourth-order valence-corrected chi connectivity index (χ4v) is 1.67. The number of nitrogen functional groups attached to an aromatic ring is 1. The molecule has 1 saturated carbocycles. The molecule has 0 bridgehead atoms. The molecule has 11 heavy (non-hydrogen) atoms. The van der Waals surface area contributed by atoms with Gasteiger partial charge in [0.15, 0.2) is 0 Å². The molecule has 0 saturated heterocycles. The standard InChI is InChI=1S/C7H10IN3/c8-4-11-7(9)3-6(10-11)5-1-2-5/h3,5H,1-2,4,9H2. The van der Waals surface area contributed by atoms with Crippen LogP contribution in [0.15, 0.2) is 6.07 Å². The second kappa shape index (κ2) is 2.66. The van der Waals surface area contributed by atoms with Gasteiger partial charge >= 0.3 is 0 Å². The van der Waals surface area contributed by atoms with E-state index in [-0.39, 0.29) is 0 Å². The predicted octanol–water partition coefficient (Wildman–Crippen LogP) is 1.74. The third-order valence-electron chi connectivity index (χ3n) is 1.94. The highest BCUT2D eigenvalue weighted by Gasteiger charge is 2.26. The van der Waals surface area contributed by atoms with Crippen LogP contribution in [0, 0.1) is 0 Å². The van der Waals surface area contributed by atoms with Gasteiger partial charge in [0.05, 0.1) is 10.2 Å². The predicted molar refractivity (Wildman–Crippen MR) is 52.6 cm³/mol. The van der Waals surface area contributed by atoms with Crippen molar-refractivity contribution in [2.45, 2.75) is 23.3 Å². The Morgan fingerprint density at radius 2 is 2.45 bits per heavy atom. The number of hydrogen-bond acceptors (Lipinski definition) is 2. The number of aromatic nitrogens is 2. The van der Waals surface area contributed by atoms with E-state index in [0.29, 0.717) is 5.92 Å². The minimum atomic E-state index is 0.710. The number of halogens is 1. The zero-order valence-corrected chi connectivity index (χ0v) is 8.28. The maximum atomic E-state index is 5.71. The van der Waals surface area contributed by atoms with Gasteiger partial charge < -0.3 is 5.73 Å². The van der Waals surface area contributed by atoms with Gasteiger partial charge in [0.2, 0.25) is 0 Å². The summed E-state index contributed by atoms with van der Waals surface area (Å²) >= 11 is 2.26. The SMILES string of the molecule is Nc1cc(C2CC2)nn1CI. The van der Waals surface area contributed by atoms with E-state index in [9.17, 15) is 0 Å². The minimum absolute atomic E-state index is 0.710. The largest absolute Gasteiger partial charge is 0.384 e. The molecular weight excluding hydrogens is 253 g/mol. The fraction of sp³-hybridized carbons (Fsp3) is 0.571. The molecular formula is C7H10IN3. The van der Waals surface area contributed by atoms with Gasteiger partial charge in [0.1, 0.15) is 5.82 Å². The Bertz CT molecular complexity index is 265. The fourth-order valence-electron chi connectivity index (χ4n) is 1.13. The lowest BCUT2D eigenvalue weighted by Crippen LogP contribution is -1.99. The number of hydrogen-bond donors (Lipinski definition) is 1. The number of rotatable bonds is 2. The van der Waals surface area contributed by atoms with E-state index in [1.54, 1.807) is 0 Å². The van der Waals surface area contributed by atoms with Crippen molar-refractivity contribution in [3.05, 3.63) is 11.8 Å². The molecule has 0 aromatic carbocycles. The van der Waals surface area contributed by atoms with E-state index in [4.69, 9.17) is 5.73 Å². The van der Waals surface area contributed by atoms with Crippen LogP contribution in [0.25, 0.3) is 0 Å². The number of alkyl halides is 1. The Morgan fingerprint density at radius 3 is 2.91 bits per heavy atom. The van der Waals surface area contributed by atoms with Crippen LogP contribution in [0.3, 0.4) is 0 Å². The Morgan fingerprint density at radius 1 is 1.73 bits per heavy atom. The van der Waals surface area contributed by atoms with Gasteiger partial charge in [-0.15, -0.1) is 0 Å². The molecule has 1 aliphatic rings. The summed E-state index contributed by atoms with van der Waals surface area (Å²) < 4.78 is 2.69. The first kappa shape index (κ1) is 7.39. The van der Waals surface area contributed by atoms with Crippen LogP contribution in [-0.4, -0.2) is 9.78 Å². The lowest BCUT2D eigenvalue weighted by Gasteiger charge is -1.94. The molecule has 1 fully saturated rings. The van der Waals surface area contributed by atoms with E-state index in [0.717, 1.165) is 10.4 Å². The average Bonchev–Trinajstić information content (AvgIpc) is 2.76. The van der Waals surface area contributed by atoms with Crippen molar-refractivity contribution in [2.24, 2.45) is 0 Å². The molecule has 1 heterocycles. The van der Waals surface area contributed by atoms with Crippen LogP contribution >= 0.6 is 22.6 Å².